The number of ether oxygens (including phenoxy) is 1. The van der Waals surface area contributed by atoms with Gasteiger partial charge in [-0.2, -0.15) is 0 Å². The van der Waals surface area contributed by atoms with Gasteiger partial charge in [-0.3, -0.25) is 0 Å². The summed E-state index contributed by atoms with van der Waals surface area (Å²) >= 11 is 0. The molecule has 0 aromatic heterocycles. The van der Waals surface area contributed by atoms with Gasteiger partial charge in [-0.1, -0.05) is 6.07 Å². The Morgan fingerprint density at radius 2 is 1.60 bits per heavy atom. The molecule has 0 saturated carbocycles. The summed E-state index contributed by atoms with van der Waals surface area (Å²) in [5.41, 5.74) is 2.59. The molecule has 104 valence electrons. The van der Waals surface area contributed by atoms with Crippen LogP contribution in [0.3, 0.4) is 0 Å². The zero-order chi connectivity index (χ0) is 13.0. The summed E-state index contributed by atoms with van der Waals surface area (Å²) in [5, 5.41) is 22.5. The zero-order valence-electron chi connectivity index (χ0n) is 10.6. The van der Waals surface area contributed by atoms with Crippen LogP contribution in [0.1, 0.15) is 5.56 Å². The summed E-state index contributed by atoms with van der Waals surface area (Å²) < 4.78 is 6.08. The number of phenolic OH excluding ortho intramolecular Hbond substituents is 2. The van der Waals surface area contributed by atoms with Gasteiger partial charge in [0, 0.05) is 30.3 Å². The van der Waals surface area contributed by atoms with Crippen molar-refractivity contribution in [1.29, 1.82) is 0 Å². The van der Waals surface area contributed by atoms with Crippen molar-refractivity contribution in [3.63, 3.8) is 0 Å². The largest absolute Gasteiger partial charge is 0.508 e. The Morgan fingerprint density at radius 1 is 0.950 bits per heavy atom. The fourth-order valence-electron chi connectivity index (χ4n) is 2.84. The van der Waals surface area contributed by atoms with Crippen LogP contribution in [0, 0.1) is 0 Å². The van der Waals surface area contributed by atoms with Gasteiger partial charge >= 0.3 is 0 Å². The number of halogens is 1. The van der Waals surface area contributed by atoms with Crippen molar-refractivity contribution in [3.05, 3.63) is 42.0 Å². The third-order valence-corrected chi connectivity index (χ3v) is 3.88. The maximum absolute atomic E-state index is 9.72. The van der Waals surface area contributed by atoms with E-state index in [4.69, 9.17) is 4.74 Å². The number of fused-ring (bicyclic) bond motifs is 4. The number of hydrogen-bond donors (Lipinski definition) is 3. The molecule has 0 bridgehead atoms. The van der Waals surface area contributed by atoms with E-state index in [2.05, 4.69) is 5.32 Å². The highest BCUT2D eigenvalue weighted by Gasteiger charge is 2.46. The van der Waals surface area contributed by atoms with Crippen LogP contribution < -0.4 is 10.1 Å². The molecule has 0 radical (unpaired) electrons. The van der Waals surface area contributed by atoms with Crippen LogP contribution in [-0.2, 0) is 5.60 Å². The molecule has 1 saturated heterocycles. The molecule has 3 N–H and O–H groups in total. The predicted octanol–water partition coefficient (Wildman–Crippen LogP) is 2.53. The lowest BCUT2D eigenvalue weighted by molar-refractivity contribution is 0.00953. The number of nitrogens with one attached hydrogen (secondary N) is 1. The SMILES string of the molecule is Br.Oc1ccc2c(c1)OC1(CNC1)c1cc(O)ccc1-2. The Morgan fingerprint density at radius 3 is 2.25 bits per heavy atom. The minimum atomic E-state index is -0.422. The Bertz CT molecular complexity index is 683. The Balaban J connectivity index is 0.00000121. The van der Waals surface area contributed by atoms with Crippen LogP contribution in [0.2, 0.25) is 0 Å². The number of hydrogen-bond acceptors (Lipinski definition) is 4. The zero-order valence-corrected chi connectivity index (χ0v) is 12.3. The highest BCUT2D eigenvalue weighted by Crippen LogP contribution is 2.48. The van der Waals surface area contributed by atoms with E-state index in [1.807, 2.05) is 12.1 Å². The number of benzene rings is 2. The molecule has 0 atom stereocenters. The molecule has 0 unspecified atom stereocenters. The van der Waals surface area contributed by atoms with E-state index in [0.29, 0.717) is 18.8 Å². The van der Waals surface area contributed by atoms with Gasteiger partial charge in [0.05, 0.1) is 0 Å². The Kier molecular flexibility index (Phi) is 2.92. The Hall–Kier alpha value is -1.72. The van der Waals surface area contributed by atoms with Crippen molar-refractivity contribution >= 4 is 17.0 Å². The van der Waals surface area contributed by atoms with Crippen molar-refractivity contribution in [1.82, 2.24) is 5.32 Å². The van der Waals surface area contributed by atoms with Crippen LogP contribution in [0.15, 0.2) is 36.4 Å². The second-order valence-corrected chi connectivity index (χ2v) is 5.11. The van der Waals surface area contributed by atoms with Gasteiger partial charge in [0.25, 0.3) is 0 Å². The fourth-order valence-corrected chi connectivity index (χ4v) is 2.84. The van der Waals surface area contributed by atoms with Gasteiger partial charge in [-0.15, -0.1) is 17.0 Å². The molecule has 2 heterocycles. The highest BCUT2D eigenvalue weighted by molar-refractivity contribution is 8.93. The van der Waals surface area contributed by atoms with E-state index in [-0.39, 0.29) is 28.5 Å². The minimum Gasteiger partial charge on any atom is -0.508 e. The van der Waals surface area contributed by atoms with Crippen LogP contribution in [0.25, 0.3) is 11.1 Å². The molecule has 1 spiro atoms. The molecule has 2 aromatic carbocycles. The molecule has 5 heteroatoms. The lowest BCUT2D eigenvalue weighted by Crippen LogP contribution is -2.61. The Labute approximate surface area is 126 Å². The van der Waals surface area contributed by atoms with Crippen molar-refractivity contribution in [2.24, 2.45) is 0 Å². The number of aromatic hydroxyl groups is 2. The van der Waals surface area contributed by atoms with Crippen LogP contribution >= 0.6 is 17.0 Å². The fraction of sp³-hybridized carbons (Fsp3) is 0.200. The van der Waals surface area contributed by atoms with Gasteiger partial charge in [0.15, 0.2) is 5.60 Å². The molecule has 20 heavy (non-hydrogen) atoms. The first-order valence-electron chi connectivity index (χ1n) is 6.25. The first-order valence-corrected chi connectivity index (χ1v) is 6.25. The van der Waals surface area contributed by atoms with E-state index < -0.39 is 5.60 Å². The molecular weight excluding hydrogens is 322 g/mol. The summed E-state index contributed by atoms with van der Waals surface area (Å²) in [6.07, 6.45) is 0. The summed E-state index contributed by atoms with van der Waals surface area (Å²) in [5.74, 6) is 1.14. The summed E-state index contributed by atoms with van der Waals surface area (Å²) in [7, 11) is 0. The van der Waals surface area contributed by atoms with Gasteiger partial charge in [-0.25, -0.2) is 0 Å². The van der Waals surface area contributed by atoms with Crippen LogP contribution in [0.4, 0.5) is 0 Å². The van der Waals surface area contributed by atoms with Gasteiger partial charge in [-0.05, 0) is 29.8 Å². The van der Waals surface area contributed by atoms with Crippen LogP contribution in [0.5, 0.6) is 17.2 Å². The second kappa shape index (κ2) is 4.40. The lowest BCUT2D eigenvalue weighted by atomic mass is 9.80. The van der Waals surface area contributed by atoms with E-state index in [0.717, 1.165) is 16.7 Å². The van der Waals surface area contributed by atoms with E-state index in [1.54, 1.807) is 24.3 Å². The molecule has 0 aliphatic carbocycles. The van der Waals surface area contributed by atoms with Crippen molar-refractivity contribution in [2.45, 2.75) is 5.60 Å². The maximum atomic E-state index is 9.72. The second-order valence-electron chi connectivity index (χ2n) is 5.11. The molecule has 0 amide bonds. The predicted molar refractivity (Wildman–Crippen MR) is 80.7 cm³/mol. The van der Waals surface area contributed by atoms with Crippen molar-refractivity contribution < 1.29 is 14.9 Å². The third-order valence-electron chi connectivity index (χ3n) is 3.88. The van der Waals surface area contributed by atoms with E-state index >= 15 is 0 Å². The average molecular weight is 336 g/mol. The van der Waals surface area contributed by atoms with Crippen LogP contribution in [-0.4, -0.2) is 23.3 Å². The number of phenols is 2. The van der Waals surface area contributed by atoms with Crippen molar-refractivity contribution in [2.75, 3.05) is 13.1 Å². The van der Waals surface area contributed by atoms with Gasteiger partial charge < -0.3 is 20.3 Å². The topological polar surface area (TPSA) is 61.7 Å². The molecule has 2 aliphatic heterocycles. The normalized spacial score (nSPS) is 17.2. The molecule has 2 aromatic rings. The molecule has 2 aliphatic rings. The lowest BCUT2D eigenvalue weighted by Gasteiger charge is -2.46. The summed E-state index contributed by atoms with van der Waals surface area (Å²) in [6.45, 7) is 1.41. The highest BCUT2D eigenvalue weighted by atomic mass is 79.9. The first kappa shape index (κ1) is 13.3. The third kappa shape index (κ3) is 1.70. The molecule has 1 fully saturated rings. The summed E-state index contributed by atoms with van der Waals surface area (Å²) in [6, 6.07) is 10.5. The van der Waals surface area contributed by atoms with Gasteiger partial charge in [0.1, 0.15) is 17.2 Å². The quantitative estimate of drug-likeness (QED) is 0.692. The first-order chi connectivity index (χ1) is 9.18. The smallest absolute Gasteiger partial charge is 0.159 e. The minimum absolute atomic E-state index is 0. The van der Waals surface area contributed by atoms with E-state index in [9.17, 15) is 10.2 Å². The van der Waals surface area contributed by atoms with Gasteiger partial charge in [0.2, 0.25) is 0 Å². The standard InChI is InChI=1S/C15H13NO3.BrH/c17-9-1-3-11-12-4-2-10(18)6-14(12)19-15(7-16-8-15)13(11)5-9;/h1-6,16-18H,7-8H2;1H. The summed E-state index contributed by atoms with van der Waals surface area (Å²) in [4.78, 5) is 0. The van der Waals surface area contributed by atoms with E-state index in [1.165, 1.54) is 0 Å². The maximum Gasteiger partial charge on any atom is 0.159 e. The average Bonchev–Trinajstić information content (AvgIpc) is 2.35. The molecular formula is C15H14BrNO3. The molecule has 4 nitrogen and oxygen atoms in total. The van der Waals surface area contributed by atoms with Crippen molar-refractivity contribution in [3.8, 4) is 28.4 Å². The molecule has 4 rings (SSSR count). The number of rotatable bonds is 0. The monoisotopic (exact) mass is 335 g/mol.